The van der Waals surface area contributed by atoms with Crippen molar-refractivity contribution in [2.24, 2.45) is 22.6 Å². The van der Waals surface area contributed by atoms with E-state index in [1.165, 1.54) is 25.9 Å². The standard InChI is InChI=1S/C19H37N5O.HI/c1-3-21-19(24-12-5-8-17(15-24)13-18(20)25)22-9-6-11-23-10-4-7-16(2)14-23;/h16-17H,3-15H2,1-2H3,(H2,20,25)(H,21,22);1H. The number of nitrogens with two attached hydrogens (primary N) is 1. The number of amides is 1. The maximum absolute atomic E-state index is 11.2. The first-order valence-electron chi connectivity index (χ1n) is 10.1. The van der Waals surface area contributed by atoms with Crippen molar-refractivity contribution in [1.29, 1.82) is 0 Å². The van der Waals surface area contributed by atoms with Gasteiger partial charge in [-0.3, -0.25) is 9.79 Å². The Hall–Kier alpha value is -0.570. The van der Waals surface area contributed by atoms with E-state index in [1.807, 2.05) is 0 Å². The van der Waals surface area contributed by atoms with Gasteiger partial charge in [-0.2, -0.15) is 0 Å². The Morgan fingerprint density at radius 3 is 2.69 bits per heavy atom. The van der Waals surface area contributed by atoms with Crippen LogP contribution < -0.4 is 11.1 Å². The highest BCUT2D eigenvalue weighted by molar-refractivity contribution is 14.0. The maximum atomic E-state index is 11.2. The van der Waals surface area contributed by atoms with Crippen molar-refractivity contribution in [3.63, 3.8) is 0 Å². The average molecular weight is 479 g/mol. The summed E-state index contributed by atoms with van der Waals surface area (Å²) in [5.74, 6) is 2.02. The monoisotopic (exact) mass is 479 g/mol. The van der Waals surface area contributed by atoms with Crippen LogP contribution in [0.4, 0.5) is 0 Å². The van der Waals surface area contributed by atoms with Gasteiger partial charge in [0, 0.05) is 39.1 Å². The van der Waals surface area contributed by atoms with Crippen LogP contribution in [-0.2, 0) is 4.79 Å². The van der Waals surface area contributed by atoms with Crippen LogP contribution in [0.15, 0.2) is 4.99 Å². The molecule has 2 saturated heterocycles. The largest absolute Gasteiger partial charge is 0.370 e. The Balaban J connectivity index is 0.00000338. The smallest absolute Gasteiger partial charge is 0.217 e. The van der Waals surface area contributed by atoms with Crippen molar-refractivity contribution in [3.05, 3.63) is 0 Å². The van der Waals surface area contributed by atoms with Crippen molar-refractivity contribution in [3.8, 4) is 0 Å². The summed E-state index contributed by atoms with van der Waals surface area (Å²) in [5.41, 5.74) is 5.37. The number of carbonyl (C=O) groups excluding carboxylic acids is 1. The molecule has 7 heteroatoms. The number of nitrogens with one attached hydrogen (secondary N) is 1. The van der Waals surface area contributed by atoms with Crippen LogP contribution in [0.1, 0.15) is 52.4 Å². The van der Waals surface area contributed by atoms with Gasteiger partial charge < -0.3 is 20.9 Å². The number of rotatable bonds is 7. The second-order valence-electron chi connectivity index (χ2n) is 7.76. The third-order valence-corrected chi connectivity index (χ3v) is 5.28. The summed E-state index contributed by atoms with van der Waals surface area (Å²) in [7, 11) is 0. The molecule has 2 fully saturated rings. The zero-order chi connectivity index (χ0) is 18.1. The molecule has 152 valence electrons. The molecule has 2 aliphatic heterocycles. The number of guanidine groups is 1. The van der Waals surface area contributed by atoms with Crippen molar-refractivity contribution in [2.75, 3.05) is 45.8 Å². The van der Waals surface area contributed by atoms with E-state index in [2.05, 4.69) is 29.0 Å². The number of carbonyl (C=O) groups is 1. The van der Waals surface area contributed by atoms with Gasteiger partial charge in [0.15, 0.2) is 5.96 Å². The summed E-state index contributed by atoms with van der Waals surface area (Å²) in [6.45, 7) is 11.7. The first-order valence-corrected chi connectivity index (χ1v) is 10.1. The molecule has 0 aromatic heterocycles. The van der Waals surface area contributed by atoms with E-state index in [1.54, 1.807) is 0 Å². The zero-order valence-corrected chi connectivity index (χ0v) is 18.9. The van der Waals surface area contributed by atoms with Crippen LogP contribution in [0, 0.1) is 11.8 Å². The lowest BCUT2D eigenvalue weighted by atomic mass is 9.95. The van der Waals surface area contributed by atoms with Crippen molar-refractivity contribution in [2.45, 2.75) is 52.4 Å². The summed E-state index contributed by atoms with van der Waals surface area (Å²) in [6.07, 6.45) is 6.51. The molecule has 2 aliphatic rings. The fourth-order valence-electron chi connectivity index (χ4n) is 4.10. The van der Waals surface area contributed by atoms with Crippen molar-refractivity contribution >= 4 is 35.8 Å². The fourth-order valence-corrected chi connectivity index (χ4v) is 4.10. The van der Waals surface area contributed by atoms with Gasteiger partial charge in [-0.25, -0.2) is 0 Å². The highest BCUT2D eigenvalue weighted by Gasteiger charge is 2.23. The first-order chi connectivity index (χ1) is 12.1. The van der Waals surface area contributed by atoms with Gasteiger partial charge >= 0.3 is 0 Å². The Kier molecular flexibility index (Phi) is 11.5. The molecule has 0 spiro atoms. The predicted molar refractivity (Wildman–Crippen MR) is 119 cm³/mol. The van der Waals surface area contributed by atoms with E-state index >= 15 is 0 Å². The number of aliphatic imine (C=N–C) groups is 1. The molecule has 2 atom stereocenters. The van der Waals surface area contributed by atoms with E-state index in [-0.39, 0.29) is 29.9 Å². The molecule has 2 heterocycles. The number of piperidine rings is 2. The average Bonchev–Trinajstić information content (AvgIpc) is 2.57. The lowest BCUT2D eigenvalue weighted by molar-refractivity contribution is -0.119. The molecule has 0 aromatic rings. The molecular formula is C19H38IN5O. The van der Waals surface area contributed by atoms with Crippen molar-refractivity contribution < 1.29 is 4.79 Å². The SMILES string of the molecule is CCNC(=NCCCN1CCCC(C)C1)N1CCCC(CC(N)=O)C1.I. The zero-order valence-electron chi connectivity index (χ0n) is 16.6. The van der Waals surface area contributed by atoms with Crippen LogP contribution >= 0.6 is 24.0 Å². The van der Waals surface area contributed by atoms with E-state index in [4.69, 9.17) is 10.7 Å². The minimum Gasteiger partial charge on any atom is -0.370 e. The summed E-state index contributed by atoms with van der Waals surface area (Å²) in [5, 5.41) is 3.42. The van der Waals surface area contributed by atoms with E-state index < -0.39 is 0 Å². The number of primary amides is 1. The third kappa shape index (κ3) is 8.41. The Morgan fingerprint density at radius 1 is 1.23 bits per heavy atom. The van der Waals surface area contributed by atoms with Gasteiger partial charge in [0.2, 0.25) is 5.91 Å². The number of hydrogen-bond donors (Lipinski definition) is 2. The molecule has 26 heavy (non-hydrogen) atoms. The Morgan fingerprint density at radius 2 is 2.00 bits per heavy atom. The van der Waals surface area contributed by atoms with Crippen LogP contribution in [0.3, 0.4) is 0 Å². The van der Waals surface area contributed by atoms with E-state index in [0.717, 1.165) is 63.9 Å². The van der Waals surface area contributed by atoms with Gasteiger partial charge in [0.05, 0.1) is 0 Å². The summed E-state index contributed by atoms with van der Waals surface area (Å²) < 4.78 is 0. The lowest BCUT2D eigenvalue weighted by Gasteiger charge is -2.34. The van der Waals surface area contributed by atoms with Crippen molar-refractivity contribution in [1.82, 2.24) is 15.1 Å². The number of halogens is 1. The minimum absolute atomic E-state index is 0. The quantitative estimate of drug-likeness (QED) is 0.254. The number of likely N-dealkylation sites (tertiary alicyclic amines) is 2. The molecule has 1 amide bonds. The molecule has 2 unspecified atom stereocenters. The number of hydrogen-bond acceptors (Lipinski definition) is 3. The summed E-state index contributed by atoms with van der Waals surface area (Å²) >= 11 is 0. The van der Waals surface area contributed by atoms with E-state index in [9.17, 15) is 4.79 Å². The van der Waals surface area contributed by atoms with Crippen LogP contribution in [0.2, 0.25) is 0 Å². The minimum atomic E-state index is -0.190. The molecule has 0 aliphatic carbocycles. The highest BCUT2D eigenvalue weighted by atomic mass is 127. The summed E-state index contributed by atoms with van der Waals surface area (Å²) in [6, 6.07) is 0. The Labute approximate surface area is 176 Å². The first kappa shape index (κ1) is 23.5. The third-order valence-electron chi connectivity index (χ3n) is 5.28. The predicted octanol–water partition coefficient (Wildman–Crippen LogP) is 2.28. The normalized spacial score (nSPS) is 24.8. The van der Waals surface area contributed by atoms with E-state index in [0.29, 0.717) is 12.3 Å². The lowest BCUT2D eigenvalue weighted by Crippen LogP contribution is -2.47. The topological polar surface area (TPSA) is 74.0 Å². The number of nitrogens with zero attached hydrogens (tertiary/aromatic N) is 3. The van der Waals surface area contributed by atoms with Gasteiger partial charge in [-0.15, -0.1) is 24.0 Å². The van der Waals surface area contributed by atoms with Crippen LogP contribution in [0.5, 0.6) is 0 Å². The van der Waals surface area contributed by atoms with Gasteiger partial charge in [-0.1, -0.05) is 6.92 Å². The fraction of sp³-hybridized carbons (Fsp3) is 0.895. The van der Waals surface area contributed by atoms with Gasteiger partial charge in [-0.05, 0) is 64.0 Å². The van der Waals surface area contributed by atoms with Gasteiger partial charge in [0.25, 0.3) is 0 Å². The Bertz CT molecular complexity index is 446. The molecule has 0 radical (unpaired) electrons. The molecule has 0 saturated carbocycles. The van der Waals surface area contributed by atoms with Crippen LogP contribution in [0.25, 0.3) is 0 Å². The van der Waals surface area contributed by atoms with Crippen LogP contribution in [-0.4, -0.2) is 67.5 Å². The van der Waals surface area contributed by atoms with Gasteiger partial charge in [0.1, 0.15) is 0 Å². The molecule has 0 bridgehead atoms. The molecule has 3 N–H and O–H groups in total. The highest BCUT2D eigenvalue weighted by Crippen LogP contribution is 2.19. The molecule has 2 rings (SSSR count). The molecular weight excluding hydrogens is 441 g/mol. The molecule has 6 nitrogen and oxygen atoms in total. The maximum Gasteiger partial charge on any atom is 0.217 e. The summed E-state index contributed by atoms with van der Waals surface area (Å²) in [4.78, 5) is 20.9. The second-order valence-corrected chi connectivity index (χ2v) is 7.76. The second kappa shape index (κ2) is 12.8. The molecule has 0 aromatic carbocycles.